The van der Waals surface area contributed by atoms with Crippen molar-refractivity contribution in [3.8, 4) is 0 Å². The number of para-hydroxylation sites is 1. The molecule has 2 aromatic rings. The minimum atomic E-state index is -1.24. The quantitative estimate of drug-likeness (QED) is 0.285. The molecule has 9 nitrogen and oxygen atoms in total. The van der Waals surface area contributed by atoms with Gasteiger partial charge in [-0.15, -0.1) is 0 Å². The molecular formula is C28H38ClN5O4. The Morgan fingerprint density at radius 3 is 2.58 bits per heavy atom. The fourth-order valence-corrected chi connectivity index (χ4v) is 4.65. The molecule has 0 bridgehead atoms. The zero-order valence-corrected chi connectivity index (χ0v) is 22.8. The smallest absolute Gasteiger partial charge is 0.262 e. The Bertz CT molecular complexity index is 1130. The van der Waals surface area contributed by atoms with E-state index in [1.807, 2.05) is 43.3 Å². The molecule has 0 aromatic heterocycles. The number of ether oxygens (including phenoxy) is 1. The van der Waals surface area contributed by atoms with Crippen molar-refractivity contribution in [2.75, 3.05) is 43.1 Å². The molecule has 206 valence electrons. The first-order valence-electron chi connectivity index (χ1n) is 13.0. The summed E-state index contributed by atoms with van der Waals surface area (Å²) in [6, 6.07) is 14.0. The monoisotopic (exact) mass is 543 g/mol. The Morgan fingerprint density at radius 2 is 1.89 bits per heavy atom. The molecule has 2 atom stereocenters. The van der Waals surface area contributed by atoms with E-state index in [0.717, 1.165) is 12.8 Å². The minimum absolute atomic E-state index is 0.102. The number of hydrogen-bond donors (Lipinski definition) is 4. The predicted molar refractivity (Wildman–Crippen MR) is 152 cm³/mol. The van der Waals surface area contributed by atoms with Gasteiger partial charge >= 0.3 is 0 Å². The topological polar surface area (TPSA) is 134 Å². The Balaban J connectivity index is 1.81. The Hall–Kier alpha value is -3.11. The predicted octanol–water partition coefficient (Wildman–Crippen LogP) is 2.85. The Labute approximate surface area is 229 Å². The lowest BCUT2D eigenvalue weighted by Gasteiger charge is -2.37. The van der Waals surface area contributed by atoms with Crippen molar-refractivity contribution in [1.82, 2.24) is 5.32 Å². The zero-order chi connectivity index (χ0) is 27.7. The molecule has 3 rings (SSSR count). The van der Waals surface area contributed by atoms with Crippen LogP contribution in [0.3, 0.4) is 0 Å². The van der Waals surface area contributed by atoms with Crippen molar-refractivity contribution in [3.63, 3.8) is 0 Å². The van der Waals surface area contributed by atoms with Crippen LogP contribution in [0.5, 0.6) is 0 Å². The third-order valence-electron chi connectivity index (χ3n) is 6.50. The lowest BCUT2D eigenvalue weighted by atomic mass is 9.97. The largest absolute Gasteiger partial charge is 0.492 e. The maximum atomic E-state index is 13.9. The summed E-state index contributed by atoms with van der Waals surface area (Å²) in [5, 5.41) is 14.5. The lowest BCUT2D eigenvalue weighted by Crippen LogP contribution is -2.45. The average Bonchev–Trinajstić information content (AvgIpc) is 2.92. The molecule has 38 heavy (non-hydrogen) atoms. The van der Waals surface area contributed by atoms with Crippen LogP contribution in [0, 0.1) is 0 Å². The van der Waals surface area contributed by atoms with Crippen LogP contribution in [0.15, 0.2) is 54.1 Å². The van der Waals surface area contributed by atoms with E-state index in [0.29, 0.717) is 54.4 Å². The molecule has 2 unspecified atom stereocenters. The number of hydrogen-bond acceptors (Lipinski definition) is 7. The summed E-state index contributed by atoms with van der Waals surface area (Å²) in [7, 11) is 1.70. The van der Waals surface area contributed by atoms with Crippen LogP contribution < -0.4 is 26.6 Å². The molecule has 6 N–H and O–H groups in total. The van der Waals surface area contributed by atoms with E-state index in [1.54, 1.807) is 29.0 Å². The van der Waals surface area contributed by atoms with Crippen LogP contribution in [-0.4, -0.2) is 62.5 Å². The lowest BCUT2D eigenvalue weighted by molar-refractivity contribution is -0.122. The third-order valence-corrected chi connectivity index (χ3v) is 6.82. The number of fused-ring (bicyclic) bond motifs is 1. The van der Waals surface area contributed by atoms with E-state index in [2.05, 4.69) is 5.32 Å². The van der Waals surface area contributed by atoms with Crippen LogP contribution in [0.2, 0.25) is 5.02 Å². The first kappa shape index (κ1) is 29.4. The highest BCUT2D eigenvalue weighted by Crippen LogP contribution is 2.42. The van der Waals surface area contributed by atoms with Gasteiger partial charge in [-0.2, -0.15) is 0 Å². The number of nitrogens with two attached hydrogens (primary N) is 2. The molecular weight excluding hydrogens is 506 g/mol. The Kier molecular flexibility index (Phi) is 11.0. The molecule has 0 aliphatic carbocycles. The van der Waals surface area contributed by atoms with Gasteiger partial charge in [0, 0.05) is 25.8 Å². The summed E-state index contributed by atoms with van der Waals surface area (Å²) in [6.07, 6.45) is 1.43. The number of carbonyl (C=O) groups excluding carboxylic acids is 2. The van der Waals surface area contributed by atoms with Gasteiger partial charge in [0.15, 0.2) is 6.23 Å². The Morgan fingerprint density at radius 1 is 1.16 bits per heavy atom. The van der Waals surface area contributed by atoms with Crippen LogP contribution in [0.1, 0.15) is 38.2 Å². The maximum absolute atomic E-state index is 13.9. The van der Waals surface area contributed by atoms with Crippen LogP contribution >= 0.6 is 11.6 Å². The fraction of sp³-hybridized carbons (Fsp3) is 0.429. The first-order chi connectivity index (χ1) is 18.3. The van der Waals surface area contributed by atoms with Crippen molar-refractivity contribution in [2.24, 2.45) is 11.5 Å². The SMILES string of the molecule is CCN(C(=O)C1=C(OCCCNC(=O)C(N)CCCCN)c2c(Cl)cccc2N(C)C1O)c1ccccc1. The normalized spacial score (nSPS) is 15.6. The number of carbonyl (C=O) groups is 2. The first-order valence-corrected chi connectivity index (χ1v) is 13.4. The number of benzene rings is 2. The maximum Gasteiger partial charge on any atom is 0.262 e. The van der Waals surface area contributed by atoms with Gasteiger partial charge in [0.2, 0.25) is 5.91 Å². The van der Waals surface area contributed by atoms with Gasteiger partial charge in [-0.1, -0.05) is 42.3 Å². The van der Waals surface area contributed by atoms with Gasteiger partial charge < -0.3 is 36.4 Å². The molecule has 10 heteroatoms. The van der Waals surface area contributed by atoms with E-state index in [-0.39, 0.29) is 29.8 Å². The zero-order valence-electron chi connectivity index (χ0n) is 22.0. The molecule has 2 amide bonds. The van der Waals surface area contributed by atoms with E-state index in [1.165, 1.54) is 0 Å². The van der Waals surface area contributed by atoms with E-state index in [9.17, 15) is 14.7 Å². The van der Waals surface area contributed by atoms with Gasteiger partial charge in [0.25, 0.3) is 5.91 Å². The second kappa shape index (κ2) is 14.2. The molecule has 1 aliphatic heterocycles. The second-order valence-electron chi connectivity index (χ2n) is 9.13. The van der Waals surface area contributed by atoms with Crippen molar-refractivity contribution in [2.45, 2.75) is 44.9 Å². The van der Waals surface area contributed by atoms with Crippen LogP contribution in [-0.2, 0) is 14.3 Å². The highest BCUT2D eigenvalue weighted by Gasteiger charge is 2.38. The molecule has 2 aromatic carbocycles. The van der Waals surface area contributed by atoms with Gasteiger partial charge in [-0.25, -0.2) is 0 Å². The number of anilines is 2. The van der Waals surface area contributed by atoms with E-state index < -0.39 is 12.3 Å². The third kappa shape index (κ3) is 6.85. The standard InChI is InChI=1S/C28H38ClN5O4/c1-3-34(19-11-5-4-6-12-19)28(37)24-25(23-20(29)13-9-15-22(23)33(2)27(24)36)38-18-10-17-32-26(35)21(31)14-7-8-16-30/h4-6,9,11-13,15,21,27,36H,3,7-8,10,14,16-18,30-31H2,1-2H3,(H,32,35). The summed E-state index contributed by atoms with van der Waals surface area (Å²) in [6.45, 7) is 3.37. The number of likely N-dealkylation sites (N-methyl/N-ethyl adjacent to an activating group) is 2. The number of halogens is 1. The summed E-state index contributed by atoms with van der Waals surface area (Å²) < 4.78 is 6.16. The molecule has 0 radical (unpaired) electrons. The van der Waals surface area contributed by atoms with Crippen molar-refractivity contribution in [3.05, 3.63) is 64.7 Å². The molecule has 0 fully saturated rings. The number of rotatable bonds is 13. The molecule has 0 saturated carbocycles. The second-order valence-corrected chi connectivity index (χ2v) is 9.54. The van der Waals surface area contributed by atoms with Crippen molar-refractivity contribution in [1.29, 1.82) is 0 Å². The van der Waals surface area contributed by atoms with Gasteiger partial charge in [-0.3, -0.25) is 9.59 Å². The summed E-state index contributed by atoms with van der Waals surface area (Å²) in [5.74, 6) is -0.363. The van der Waals surface area contributed by atoms with Crippen LogP contribution in [0.4, 0.5) is 11.4 Å². The van der Waals surface area contributed by atoms with Gasteiger partial charge in [0.05, 0.1) is 28.9 Å². The minimum Gasteiger partial charge on any atom is -0.492 e. The number of amides is 2. The average molecular weight is 544 g/mol. The van der Waals surface area contributed by atoms with E-state index >= 15 is 0 Å². The number of nitrogens with one attached hydrogen (secondary N) is 1. The van der Waals surface area contributed by atoms with Crippen LogP contribution in [0.25, 0.3) is 5.76 Å². The molecule has 1 aliphatic rings. The van der Waals surface area contributed by atoms with Crippen molar-refractivity contribution >= 4 is 40.5 Å². The summed E-state index contributed by atoms with van der Waals surface area (Å²) in [4.78, 5) is 29.3. The van der Waals surface area contributed by atoms with Gasteiger partial charge in [0.1, 0.15) is 11.3 Å². The summed E-state index contributed by atoms with van der Waals surface area (Å²) >= 11 is 6.59. The van der Waals surface area contributed by atoms with Crippen molar-refractivity contribution < 1.29 is 19.4 Å². The highest BCUT2D eigenvalue weighted by atomic mass is 35.5. The molecule has 0 saturated heterocycles. The summed E-state index contributed by atoms with van der Waals surface area (Å²) in [5.41, 5.74) is 13.4. The number of unbranched alkanes of at least 4 members (excludes halogenated alkanes) is 1. The molecule has 0 spiro atoms. The van der Waals surface area contributed by atoms with E-state index in [4.69, 9.17) is 27.8 Å². The fourth-order valence-electron chi connectivity index (χ4n) is 4.39. The molecule has 1 heterocycles. The van der Waals surface area contributed by atoms with Gasteiger partial charge in [-0.05, 0) is 57.0 Å². The highest BCUT2D eigenvalue weighted by molar-refractivity contribution is 6.33. The number of aliphatic hydroxyl groups is 1. The number of aliphatic hydroxyl groups excluding tert-OH is 1. The number of nitrogens with zero attached hydrogens (tertiary/aromatic N) is 2.